The standard InChI is InChI=1S/C19H26ClN3O3/c20-17-7-2-1-6-16(17)19(25)23-9-4-8-22(10-11-23)14-18(24)21-13-15-5-3-12-26-15/h1-2,6-7,15H,3-5,8-14H2,(H,21,24). The lowest BCUT2D eigenvalue weighted by molar-refractivity contribution is -0.122. The maximum absolute atomic E-state index is 12.7. The van der Waals surface area contributed by atoms with Crippen LogP contribution in [0.3, 0.4) is 0 Å². The number of halogens is 1. The van der Waals surface area contributed by atoms with E-state index in [0.29, 0.717) is 43.3 Å². The third kappa shape index (κ3) is 5.19. The van der Waals surface area contributed by atoms with E-state index in [1.54, 1.807) is 12.1 Å². The van der Waals surface area contributed by atoms with Crippen LogP contribution in [0.15, 0.2) is 24.3 Å². The molecule has 0 saturated carbocycles. The summed E-state index contributed by atoms with van der Waals surface area (Å²) in [6.45, 7) is 4.51. The zero-order valence-electron chi connectivity index (χ0n) is 15.0. The predicted molar refractivity (Wildman–Crippen MR) is 100 cm³/mol. The Morgan fingerprint density at radius 1 is 1.15 bits per heavy atom. The topological polar surface area (TPSA) is 61.9 Å². The summed E-state index contributed by atoms with van der Waals surface area (Å²) in [4.78, 5) is 28.8. The van der Waals surface area contributed by atoms with E-state index in [1.807, 2.05) is 17.0 Å². The van der Waals surface area contributed by atoms with Gasteiger partial charge in [0.2, 0.25) is 5.91 Å². The molecule has 2 amide bonds. The summed E-state index contributed by atoms with van der Waals surface area (Å²) in [7, 11) is 0. The van der Waals surface area contributed by atoms with Crippen molar-refractivity contribution in [2.24, 2.45) is 0 Å². The van der Waals surface area contributed by atoms with Crippen LogP contribution < -0.4 is 5.32 Å². The molecule has 0 aromatic heterocycles. The molecule has 0 radical (unpaired) electrons. The summed E-state index contributed by atoms with van der Waals surface area (Å²) in [5.74, 6) is -0.0216. The maximum Gasteiger partial charge on any atom is 0.255 e. The van der Waals surface area contributed by atoms with E-state index in [-0.39, 0.29) is 17.9 Å². The van der Waals surface area contributed by atoms with E-state index in [4.69, 9.17) is 16.3 Å². The molecule has 0 spiro atoms. The second-order valence-corrected chi connectivity index (χ2v) is 7.25. The molecule has 0 bridgehead atoms. The summed E-state index contributed by atoms with van der Waals surface area (Å²) >= 11 is 6.14. The van der Waals surface area contributed by atoms with Crippen LogP contribution in [0.4, 0.5) is 0 Å². The molecule has 1 aromatic rings. The van der Waals surface area contributed by atoms with Gasteiger partial charge in [-0.05, 0) is 31.4 Å². The Hall–Kier alpha value is -1.63. The van der Waals surface area contributed by atoms with Crippen molar-refractivity contribution in [2.45, 2.75) is 25.4 Å². The van der Waals surface area contributed by atoms with E-state index in [1.165, 1.54) is 0 Å². The molecule has 3 rings (SSSR count). The number of rotatable bonds is 5. The molecule has 2 saturated heterocycles. The lowest BCUT2D eigenvalue weighted by atomic mass is 10.2. The van der Waals surface area contributed by atoms with E-state index in [2.05, 4.69) is 10.2 Å². The molecule has 7 heteroatoms. The van der Waals surface area contributed by atoms with Crippen molar-refractivity contribution in [3.05, 3.63) is 34.9 Å². The Kier molecular flexibility index (Phi) is 6.88. The number of carbonyl (C=O) groups is 2. The van der Waals surface area contributed by atoms with Crippen molar-refractivity contribution in [1.29, 1.82) is 0 Å². The molecule has 1 N–H and O–H groups in total. The molecule has 1 aromatic carbocycles. The zero-order chi connectivity index (χ0) is 18.4. The van der Waals surface area contributed by atoms with Crippen molar-refractivity contribution in [1.82, 2.24) is 15.1 Å². The minimum Gasteiger partial charge on any atom is -0.376 e. The summed E-state index contributed by atoms with van der Waals surface area (Å²) in [5, 5.41) is 3.43. The number of hydrogen-bond acceptors (Lipinski definition) is 4. The second kappa shape index (κ2) is 9.35. The van der Waals surface area contributed by atoms with Gasteiger partial charge in [-0.15, -0.1) is 0 Å². The Labute approximate surface area is 159 Å². The third-order valence-corrected chi connectivity index (χ3v) is 5.23. The van der Waals surface area contributed by atoms with Crippen LogP contribution in [0.5, 0.6) is 0 Å². The fourth-order valence-corrected chi connectivity index (χ4v) is 3.65. The van der Waals surface area contributed by atoms with E-state index in [0.717, 1.165) is 32.4 Å². The van der Waals surface area contributed by atoms with Crippen LogP contribution in [0.2, 0.25) is 5.02 Å². The molecule has 2 fully saturated rings. The Balaban J connectivity index is 1.46. The van der Waals surface area contributed by atoms with Gasteiger partial charge in [0.15, 0.2) is 0 Å². The van der Waals surface area contributed by atoms with Gasteiger partial charge in [-0.1, -0.05) is 23.7 Å². The number of ether oxygens (including phenoxy) is 1. The van der Waals surface area contributed by atoms with Crippen molar-refractivity contribution in [3.8, 4) is 0 Å². The lowest BCUT2D eigenvalue weighted by Crippen LogP contribution is -2.42. The van der Waals surface area contributed by atoms with Crippen LogP contribution in [0.1, 0.15) is 29.6 Å². The molecular formula is C19H26ClN3O3. The average molecular weight is 380 g/mol. The molecule has 2 heterocycles. The highest BCUT2D eigenvalue weighted by atomic mass is 35.5. The summed E-state index contributed by atoms with van der Waals surface area (Å²) in [6, 6.07) is 7.13. The first-order valence-electron chi connectivity index (χ1n) is 9.28. The Bertz CT molecular complexity index is 634. The highest BCUT2D eigenvalue weighted by molar-refractivity contribution is 6.33. The van der Waals surface area contributed by atoms with Crippen molar-refractivity contribution in [3.63, 3.8) is 0 Å². The smallest absolute Gasteiger partial charge is 0.255 e. The SMILES string of the molecule is O=C(CN1CCCN(C(=O)c2ccccc2Cl)CC1)NCC1CCCO1. The van der Waals surface area contributed by atoms with Crippen molar-refractivity contribution >= 4 is 23.4 Å². The van der Waals surface area contributed by atoms with Crippen LogP contribution in [-0.4, -0.2) is 73.6 Å². The van der Waals surface area contributed by atoms with Gasteiger partial charge < -0.3 is 15.0 Å². The van der Waals surface area contributed by atoms with E-state index < -0.39 is 0 Å². The molecule has 2 aliphatic heterocycles. The lowest BCUT2D eigenvalue weighted by Gasteiger charge is -2.22. The first kappa shape index (κ1) is 19.1. The quantitative estimate of drug-likeness (QED) is 0.847. The zero-order valence-corrected chi connectivity index (χ0v) is 15.7. The highest BCUT2D eigenvalue weighted by Crippen LogP contribution is 2.18. The molecule has 6 nitrogen and oxygen atoms in total. The van der Waals surface area contributed by atoms with E-state index >= 15 is 0 Å². The van der Waals surface area contributed by atoms with Gasteiger partial charge in [0.05, 0.1) is 23.2 Å². The Morgan fingerprint density at radius 2 is 2.00 bits per heavy atom. The molecule has 2 aliphatic rings. The van der Waals surface area contributed by atoms with Gasteiger partial charge in [0, 0.05) is 39.3 Å². The maximum atomic E-state index is 12.7. The number of hydrogen-bond donors (Lipinski definition) is 1. The van der Waals surface area contributed by atoms with Crippen LogP contribution in [0.25, 0.3) is 0 Å². The number of carbonyl (C=O) groups excluding carboxylic acids is 2. The number of amides is 2. The van der Waals surface area contributed by atoms with Crippen LogP contribution in [0, 0.1) is 0 Å². The predicted octanol–water partition coefficient (Wildman–Crippen LogP) is 1.78. The first-order valence-corrected chi connectivity index (χ1v) is 9.66. The van der Waals surface area contributed by atoms with Gasteiger partial charge in [-0.3, -0.25) is 14.5 Å². The van der Waals surface area contributed by atoms with Crippen LogP contribution in [-0.2, 0) is 9.53 Å². The number of nitrogens with one attached hydrogen (secondary N) is 1. The molecule has 0 aliphatic carbocycles. The first-order chi connectivity index (χ1) is 12.6. The molecule has 26 heavy (non-hydrogen) atoms. The van der Waals surface area contributed by atoms with Gasteiger partial charge in [0.25, 0.3) is 5.91 Å². The number of nitrogens with zero attached hydrogens (tertiary/aromatic N) is 2. The van der Waals surface area contributed by atoms with E-state index in [9.17, 15) is 9.59 Å². The highest BCUT2D eigenvalue weighted by Gasteiger charge is 2.23. The van der Waals surface area contributed by atoms with Crippen LogP contribution >= 0.6 is 11.6 Å². The monoisotopic (exact) mass is 379 g/mol. The molecular weight excluding hydrogens is 354 g/mol. The summed E-state index contributed by atoms with van der Waals surface area (Å²) < 4.78 is 5.52. The molecule has 1 atom stereocenters. The third-order valence-electron chi connectivity index (χ3n) is 4.90. The fraction of sp³-hybridized carbons (Fsp3) is 0.579. The van der Waals surface area contributed by atoms with Crippen molar-refractivity contribution < 1.29 is 14.3 Å². The van der Waals surface area contributed by atoms with Crippen molar-refractivity contribution in [2.75, 3.05) is 45.9 Å². The number of benzene rings is 1. The average Bonchev–Trinajstić information content (AvgIpc) is 3.06. The van der Waals surface area contributed by atoms with Gasteiger partial charge in [0.1, 0.15) is 0 Å². The van der Waals surface area contributed by atoms with Gasteiger partial charge >= 0.3 is 0 Å². The molecule has 142 valence electrons. The normalized spacial score (nSPS) is 21.4. The largest absolute Gasteiger partial charge is 0.376 e. The fourth-order valence-electron chi connectivity index (χ4n) is 3.43. The summed E-state index contributed by atoms with van der Waals surface area (Å²) in [5.41, 5.74) is 0.539. The summed E-state index contributed by atoms with van der Waals surface area (Å²) in [6.07, 6.45) is 3.09. The minimum absolute atomic E-state index is 0.0198. The second-order valence-electron chi connectivity index (χ2n) is 6.84. The van der Waals surface area contributed by atoms with Gasteiger partial charge in [-0.2, -0.15) is 0 Å². The van der Waals surface area contributed by atoms with Gasteiger partial charge in [-0.25, -0.2) is 0 Å². The minimum atomic E-state index is -0.0414. The Morgan fingerprint density at radius 3 is 2.77 bits per heavy atom. The molecule has 1 unspecified atom stereocenters.